The van der Waals surface area contributed by atoms with E-state index in [1.807, 2.05) is 30.0 Å². The second-order valence-electron chi connectivity index (χ2n) is 4.15. The number of nitrogens with one attached hydrogen (secondary N) is 1. The summed E-state index contributed by atoms with van der Waals surface area (Å²) in [6.07, 6.45) is 5.78. The number of hydrogen-bond donors (Lipinski definition) is 1. The Balaban J connectivity index is 2.39. The Hall–Kier alpha value is -1.91. The Morgan fingerprint density at radius 1 is 1.28 bits per heavy atom. The molecule has 0 atom stereocenters. The number of rotatable bonds is 5. The molecule has 2 aromatic heterocycles. The summed E-state index contributed by atoms with van der Waals surface area (Å²) >= 11 is 0. The first kappa shape index (κ1) is 12.5. The zero-order valence-electron chi connectivity index (χ0n) is 11.1. The van der Waals surface area contributed by atoms with Gasteiger partial charge in [-0.25, -0.2) is 15.0 Å². The third-order valence-electron chi connectivity index (χ3n) is 2.62. The summed E-state index contributed by atoms with van der Waals surface area (Å²) in [5.74, 6) is 3.54. The van der Waals surface area contributed by atoms with E-state index in [1.165, 1.54) is 0 Å². The SMILES string of the molecule is CCCc1nccn1-c1cc(NCC)nc(C)n1. The van der Waals surface area contributed by atoms with E-state index in [0.29, 0.717) is 0 Å². The molecule has 96 valence electrons. The molecule has 0 saturated carbocycles. The van der Waals surface area contributed by atoms with E-state index in [2.05, 4.69) is 34.1 Å². The minimum absolute atomic E-state index is 0.764. The van der Waals surface area contributed by atoms with E-state index in [-0.39, 0.29) is 0 Å². The van der Waals surface area contributed by atoms with Gasteiger partial charge in [0.25, 0.3) is 0 Å². The molecule has 18 heavy (non-hydrogen) atoms. The monoisotopic (exact) mass is 245 g/mol. The van der Waals surface area contributed by atoms with Gasteiger partial charge in [0.15, 0.2) is 0 Å². The fourth-order valence-corrected chi connectivity index (χ4v) is 1.90. The maximum absolute atomic E-state index is 4.47. The molecule has 0 fully saturated rings. The van der Waals surface area contributed by atoms with Crippen LogP contribution in [0.5, 0.6) is 0 Å². The molecule has 0 aromatic carbocycles. The van der Waals surface area contributed by atoms with Crippen LogP contribution in [0.1, 0.15) is 31.9 Å². The van der Waals surface area contributed by atoms with Crippen LogP contribution in [0.4, 0.5) is 5.82 Å². The van der Waals surface area contributed by atoms with Crippen LogP contribution in [-0.4, -0.2) is 26.1 Å². The second kappa shape index (κ2) is 5.62. The number of aryl methyl sites for hydroxylation is 2. The third-order valence-corrected chi connectivity index (χ3v) is 2.62. The van der Waals surface area contributed by atoms with Gasteiger partial charge in [0, 0.05) is 31.4 Å². The van der Waals surface area contributed by atoms with Crippen molar-refractivity contribution in [1.29, 1.82) is 0 Å². The number of imidazole rings is 1. The minimum atomic E-state index is 0.764. The molecular weight excluding hydrogens is 226 g/mol. The van der Waals surface area contributed by atoms with Gasteiger partial charge < -0.3 is 5.32 Å². The molecule has 0 aliphatic rings. The normalized spacial score (nSPS) is 10.6. The molecule has 2 heterocycles. The largest absolute Gasteiger partial charge is 0.370 e. The molecule has 0 unspecified atom stereocenters. The van der Waals surface area contributed by atoms with Gasteiger partial charge >= 0.3 is 0 Å². The van der Waals surface area contributed by atoms with Crippen molar-refractivity contribution in [2.75, 3.05) is 11.9 Å². The van der Waals surface area contributed by atoms with E-state index in [0.717, 1.165) is 42.7 Å². The van der Waals surface area contributed by atoms with Crippen molar-refractivity contribution < 1.29 is 0 Å². The molecule has 0 radical (unpaired) electrons. The third kappa shape index (κ3) is 2.67. The van der Waals surface area contributed by atoms with Gasteiger partial charge in [0.1, 0.15) is 23.3 Å². The molecule has 2 rings (SSSR count). The van der Waals surface area contributed by atoms with Crippen molar-refractivity contribution in [3.63, 3.8) is 0 Å². The standard InChI is InChI=1S/C13H19N5/c1-4-6-12-15-7-8-18(12)13-9-11(14-5-2)16-10(3)17-13/h7-9H,4-6H2,1-3H3,(H,14,16,17). The maximum atomic E-state index is 4.47. The lowest BCUT2D eigenvalue weighted by atomic mass is 10.3. The molecule has 5 nitrogen and oxygen atoms in total. The summed E-state index contributed by atoms with van der Waals surface area (Å²) in [7, 11) is 0. The van der Waals surface area contributed by atoms with E-state index < -0.39 is 0 Å². The van der Waals surface area contributed by atoms with Crippen molar-refractivity contribution in [2.45, 2.75) is 33.6 Å². The van der Waals surface area contributed by atoms with Gasteiger partial charge in [-0.2, -0.15) is 0 Å². The van der Waals surface area contributed by atoms with Gasteiger partial charge in [-0.3, -0.25) is 4.57 Å². The molecule has 0 spiro atoms. The molecule has 0 saturated heterocycles. The van der Waals surface area contributed by atoms with Crippen LogP contribution >= 0.6 is 0 Å². The van der Waals surface area contributed by atoms with Crippen LogP contribution in [0, 0.1) is 6.92 Å². The van der Waals surface area contributed by atoms with Crippen molar-refractivity contribution >= 4 is 5.82 Å². The van der Waals surface area contributed by atoms with Gasteiger partial charge in [-0.15, -0.1) is 0 Å². The Labute approximate surface area is 107 Å². The van der Waals surface area contributed by atoms with E-state index in [1.54, 1.807) is 0 Å². The minimum Gasteiger partial charge on any atom is -0.370 e. The van der Waals surface area contributed by atoms with Crippen LogP contribution in [0.3, 0.4) is 0 Å². The average molecular weight is 245 g/mol. The first-order valence-corrected chi connectivity index (χ1v) is 6.36. The molecule has 2 aromatic rings. The molecule has 5 heteroatoms. The van der Waals surface area contributed by atoms with Gasteiger partial charge in [0.05, 0.1) is 0 Å². The van der Waals surface area contributed by atoms with Crippen LogP contribution in [0.25, 0.3) is 5.82 Å². The molecule has 0 bridgehead atoms. The maximum Gasteiger partial charge on any atom is 0.143 e. The quantitative estimate of drug-likeness (QED) is 0.878. The van der Waals surface area contributed by atoms with Gasteiger partial charge in [0.2, 0.25) is 0 Å². The van der Waals surface area contributed by atoms with Gasteiger partial charge in [-0.05, 0) is 20.3 Å². The van der Waals surface area contributed by atoms with E-state index in [9.17, 15) is 0 Å². The highest BCUT2D eigenvalue weighted by Gasteiger charge is 2.07. The predicted octanol–water partition coefficient (Wildman–Crippen LogP) is 2.36. The van der Waals surface area contributed by atoms with Gasteiger partial charge in [-0.1, -0.05) is 6.92 Å². The van der Waals surface area contributed by atoms with Crippen molar-refractivity contribution in [3.8, 4) is 5.82 Å². The number of aromatic nitrogens is 4. The van der Waals surface area contributed by atoms with Crippen LogP contribution in [0.15, 0.2) is 18.5 Å². The lowest BCUT2D eigenvalue weighted by Gasteiger charge is -2.09. The first-order chi connectivity index (χ1) is 8.74. The topological polar surface area (TPSA) is 55.6 Å². The Morgan fingerprint density at radius 3 is 2.83 bits per heavy atom. The predicted molar refractivity (Wildman–Crippen MR) is 72.0 cm³/mol. The highest BCUT2D eigenvalue weighted by Crippen LogP contribution is 2.13. The van der Waals surface area contributed by atoms with Crippen LogP contribution in [0.2, 0.25) is 0 Å². The lowest BCUT2D eigenvalue weighted by Crippen LogP contribution is -2.07. The summed E-state index contributed by atoms with van der Waals surface area (Å²) < 4.78 is 2.03. The Kier molecular flexibility index (Phi) is 3.92. The Bertz CT molecular complexity index is 518. The van der Waals surface area contributed by atoms with Crippen molar-refractivity contribution in [3.05, 3.63) is 30.1 Å². The molecule has 0 amide bonds. The van der Waals surface area contributed by atoms with Crippen molar-refractivity contribution in [2.24, 2.45) is 0 Å². The summed E-state index contributed by atoms with van der Waals surface area (Å²) in [6.45, 7) is 6.95. The second-order valence-corrected chi connectivity index (χ2v) is 4.15. The summed E-state index contributed by atoms with van der Waals surface area (Å²) in [6, 6.07) is 1.96. The van der Waals surface area contributed by atoms with Crippen LogP contribution < -0.4 is 5.32 Å². The average Bonchev–Trinajstić information content (AvgIpc) is 2.77. The Morgan fingerprint density at radius 2 is 2.11 bits per heavy atom. The first-order valence-electron chi connectivity index (χ1n) is 6.36. The summed E-state index contributed by atoms with van der Waals surface area (Å²) in [5, 5.41) is 3.22. The van der Waals surface area contributed by atoms with E-state index in [4.69, 9.17) is 0 Å². The fraction of sp³-hybridized carbons (Fsp3) is 0.462. The number of anilines is 1. The number of hydrogen-bond acceptors (Lipinski definition) is 4. The zero-order valence-corrected chi connectivity index (χ0v) is 11.1. The highest BCUT2D eigenvalue weighted by molar-refractivity contribution is 5.42. The van der Waals surface area contributed by atoms with Crippen molar-refractivity contribution in [1.82, 2.24) is 19.5 Å². The lowest BCUT2D eigenvalue weighted by molar-refractivity contribution is 0.792. The highest BCUT2D eigenvalue weighted by atomic mass is 15.1. The summed E-state index contributed by atoms with van der Waals surface area (Å²) in [4.78, 5) is 13.2. The fourth-order valence-electron chi connectivity index (χ4n) is 1.90. The summed E-state index contributed by atoms with van der Waals surface area (Å²) in [5.41, 5.74) is 0. The molecule has 1 N–H and O–H groups in total. The molecule has 0 aliphatic carbocycles. The van der Waals surface area contributed by atoms with E-state index >= 15 is 0 Å². The van der Waals surface area contributed by atoms with Crippen LogP contribution in [-0.2, 0) is 6.42 Å². The smallest absolute Gasteiger partial charge is 0.143 e. The number of nitrogens with zero attached hydrogens (tertiary/aromatic N) is 4. The zero-order chi connectivity index (χ0) is 13.0. The molecule has 0 aliphatic heterocycles. The molecular formula is C13H19N5.